The number of hydrogen-bond donors (Lipinski definition) is 1. The van der Waals surface area contributed by atoms with Gasteiger partial charge in [-0.3, -0.25) is 4.79 Å². The molecule has 0 saturated heterocycles. The van der Waals surface area contributed by atoms with Gasteiger partial charge < -0.3 is 19.5 Å². The molecule has 0 aliphatic heterocycles. The Hall–Kier alpha value is -0.650. The number of likely N-dealkylation sites (N-methyl/N-ethyl adjacent to an activating group) is 1. The zero-order chi connectivity index (χ0) is 14.0. The highest BCUT2D eigenvalue weighted by molar-refractivity contribution is 5.80. The highest BCUT2D eigenvalue weighted by Gasteiger charge is 2.31. The molecule has 1 N–H and O–H groups in total. The van der Waals surface area contributed by atoms with E-state index in [0.29, 0.717) is 26.2 Å². The summed E-state index contributed by atoms with van der Waals surface area (Å²) in [7, 11) is 3.16. The Kier molecular flexibility index (Phi) is 8.97. The first-order chi connectivity index (χ1) is 8.46. The molecule has 0 rings (SSSR count). The van der Waals surface area contributed by atoms with E-state index in [1.165, 1.54) is 7.11 Å². The number of nitrogens with one attached hydrogen (secondary N) is 1. The van der Waals surface area contributed by atoms with Crippen molar-refractivity contribution in [2.45, 2.75) is 45.3 Å². The average Bonchev–Trinajstić information content (AvgIpc) is 2.35. The van der Waals surface area contributed by atoms with E-state index in [0.717, 1.165) is 6.42 Å². The predicted molar refractivity (Wildman–Crippen MR) is 70.6 cm³/mol. The van der Waals surface area contributed by atoms with Crippen molar-refractivity contribution in [3.63, 3.8) is 0 Å². The van der Waals surface area contributed by atoms with Crippen LogP contribution in [-0.4, -0.2) is 51.6 Å². The quantitative estimate of drug-likeness (QED) is 0.475. The third-order valence-corrected chi connectivity index (χ3v) is 2.83. The number of hydrogen-bond acceptors (Lipinski definition) is 5. The van der Waals surface area contributed by atoms with Gasteiger partial charge in [-0.1, -0.05) is 0 Å². The SMILES string of the molecule is CNC(C)(CCCOCCOC(C)C)C(=O)OC. The summed E-state index contributed by atoms with van der Waals surface area (Å²) in [5.74, 6) is -0.242. The molecule has 0 aliphatic carbocycles. The molecule has 108 valence electrons. The molecule has 0 aromatic carbocycles. The van der Waals surface area contributed by atoms with Gasteiger partial charge in [-0.25, -0.2) is 0 Å². The monoisotopic (exact) mass is 261 g/mol. The minimum Gasteiger partial charge on any atom is -0.468 e. The van der Waals surface area contributed by atoms with E-state index in [9.17, 15) is 4.79 Å². The first-order valence-electron chi connectivity index (χ1n) is 6.43. The highest BCUT2D eigenvalue weighted by atomic mass is 16.5. The van der Waals surface area contributed by atoms with Gasteiger partial charge in [-0.15, -0.1) is 0 Å². The fraction of sp³-hybridized carbons (Fsp3) is 0.923. The van der Waals surface area contributed by atoms with Crippen molar-refractivity contribution in [2.75, 3.05) is 34.0 Å². The maximum atomic E-state index is 11.6. The van der Waals surface area contributed by atoms with Gasteiger partial charge in [0.25, 0.3) is 0 Å². The van der Waals surface area contributed by atoms with Crippen LogP contribution in [0.15, 0.2) is 0 Å². The van der Waals surface area contributed by atoms with Gasteiger partial charge in [0.1, 0.15) is 5.54 Å². The number of rotatable bonds is 10. The smallest absolute Gasteiger partial charge is 0.325 e. The largest absolute Gasteiger partial charge is 0.468 e. The van der Waals surface area contributed by atoms with Crippen LogP contribution in [-0.2, 0) is 19.0 Å². The summed E-state index contributed by atoms with van der Waals surface area (Å²) in [6.07, 6.45) is 1.72. The van der Waals surface area contributed by atoms with Gasteiger partial charge in [0.2, 0.25) is 0 Å². The second kappa shape index (κ2) is 9.30. The molecule has 1 atom stereocenters. The first-order valence-corrected chi connectivity index (χ1v) is 6.43. The standard InChI is InChI=1S/C13H27NO4/c1-11(2)18-10-9-17-8-6-7-13(3,14-4)12(15)16-5/h11,14H,6-10H2,1-5H3. The molecule has 0 amide bonds. The number of esters is 1. The normalized spacial score (nSPS) is 14.6. The van der Waals surface area contributed by atoms with Crippen molar-refractivity contribution in [2.24, 2.45) is 0 Å². The maximum absolute atomic E-state index is 11.6. The maximum Gasteiger partial charge on any atom is 0.325 e. The number of carbonyl (C=O) groups excluding carboxylic acids is 1. The lowest BCUT2D eigenvalue weighted by molar-refractivity contribution is -0.148. The zero-order valence-electron chi connectivity index (χ0n) is 12.2. The van der Waals surface area contributed by atoms with Crippen LogP contribution in [0.3, 0.4) is 0 Å². The Bertz CT molecular complexity index is 233. The van der Waals surface area contributed by atoms with Crippen LogP contribution in [0.2, 0.25) is 0 Å². The topological polar surface area (TPSA) is 56.8 Å². The number of ether oxygens (including phenoxy) is 3. The van der Waals surface area contributed by atoms with Gasteiger partial charge in [0.05, 0.1) is 26.4 Å². The average molecular weight is 261 g/mol. The molecule has 5 nitrogen and oxygen atoms in total. The van der Waals surface area contributed by atoms with Crippen LogP contribution >= 0.6 is 0 Å². The molecular formula is C13H27NO4. The Labute approximate surface area is 110 Å². The zero-order valence-corrected chi connectivity index (χ0v) is 12.2. The van der Waals surface area contributed by atoms with Crippen molar-refractivity contribution in [3.05, 3.63) is 0 Å². The summed E-state index contributed by atoms with van der Waals surface area (Å²) in [5.41, 5.74) is -0.632. The summed E-state index contributed by atoms with van der Waals surface area (Å²) < 4.78 is 15.6. The van der Waals surface area contributed by atoms with Crippen LogP contribution in [0, 0.1) is 0 Å². The minimum absolute atomic E-state index is 0.237. The van der Waals surface area contributed by atoms with E-state index >= 15 is 0 Å². The van der Waals surface area contributed by atoms with E-state index in [-0.39, 0.29) is 12.1 Å². The highest BCUT2D eigenvalue weighted by Crippen LogP contribution is 2.13. The molecular weight excluding hydrogens is 234 g/mol. The van der Waals surface area contributed by atoms with Crippen molar-refractivity contribution in [3.8, 4) is 0 Å². The Balaban J connectivity index is 3.66. The second-order valence-corrected chi connectivity index (χ2v) is 4.71. The van der Waals surface area contributed by atoms with Crippen LogP contribution in [0.4, 0.5) is 0 Å². The fourth-order valence-electron chi connectivity index (χ4n) is 1.53. The van der Waals surface area contributed by atoms with E-state index in [1.54, 1.807) is 7.05 Å². The van der Waals surface area contributed by atoms with Gasteiger partial charge in [-0.05, 0) is 40.7 Å². The predicted octanol–water partition coefficient (Wildman–Crippen LogP) is 1.36. The van der Waals surface area contributed by atoms with Crippen molar-refractivity contribution in [1.29, 1.82) is 0 Å². The second-order valence-electron chi connectivity index (χ2n) is 4.71. The van der Waals surface area contributed by atoms with Crippen LogP contribution in [0.5, 0.6) is 0 Å². The van der Waals surface area contributed by atoms with E-state index in [1.807, 2.05) is 20.8 Å². The van der Waals surface area contributed by atoms with Crippen LogP contribution < -0.4 is 5.32 Å². The van der Waals surface area contributed by atoms with Gasteiger partial charge in [0.15, 0.2) is 0 Å². The molecule has 5 heteroatoms. The summed E-state index contributed by atoms with van der Waals surface area (Å²) in [4.78, 5) is 11.6. The van der Waals surface area contributed by atoms with Crippen molar-refractivity contribution in [1.82, 2.24) is 5.32 Å². The summed E-state index contributed by atoms with van der Waals surface area (Å²) in [6.45, 7) is 7.64. The molecule has 18 heavy (non-hydrogen) atoms. The number of methoxy groups -OCH3 is 1. The summed E-state index contributed by atoms with van der Waals surface area (Å²) in [5, 5.41) is 2.99. The molecule has 0 radical (unpaired) electrons. The molecule has 0 spiro atoms. The van der Waals surface area contributed by atoms with Gasteiger partial charge in [0, 0.05) is 6.61 Å². The summed E-state index contributed by atoms with van der Waals surface area (Å²) in [6, 6.07) is 0. The van der Waals surface area contributed by atoms with Gasteiger partial charge >= 0.3 is 5.97 Å². The van der Waals surface area contributed by atoms with E-state index in [4.69, 9.17) is 14.2 Å². The van der Waals surface area contributed by atoms with Crippen LogP contribution in [0.1, 0.15) is 33.6 Å². The van der Waals surface area contributed by atoms with Crippen molar-refractivity contribution < 1.29 is 19.0 Å². The molecule has 0 aromatic rings. The third kappa shape index (κ3) is 6.93. The molecule has 0 fully saturated rings. The fourth-order valence-corrected chi connectivity index (χ4v) is 1.53. The lowest BCUT2D eigenvalue weighted by Gasteiger charge is -2.25. The van der Waals surface area contributed by atoms with Crippen LogP contribution in [0.25, 0.3) is 0 Å². The third-order valence-electron chi connectivity index (χ3n) is 2.83. The molecule has 0 heterocycles. The Morgan fingerprint density at radius 2 is 1.94 bits per heavy atom. The summed E-state index contributed by atoms with van der Waals surface area (Å²) >= 11 is 0. The molecule has 0 aromatic heterocycles. The Morgan fingerprint density at radius 1 is 1.28 bits per heavy atom. The first kappa shape index (κ1) is 17.4. The molecule has 0 aliphatic rings. The molecule has 1 unspecified atom stereocenters. The molecule has 0 bridgehead atoms. The number of carbonyl (C=O) groups is 1. The van der Waals surface area contributed by atoms with Crippen molar-refractivity contribution >= 4 is 5.97 Å². The molecule has 0 saturated carbocycles. The van der Waals surface area contributed by atoms with E-state index < -0.39 is 5.54 Å². The minimum atomic E-state index is -0.632. The van der Waals surface area contributed by atoms with E-state index in [2.05, 4.69) is 5.32 Å². The Morgan fingerprint density at radius 3 is 2.44 bits per heavy atom. The van der Waals surface area contributed by atoms with Gasteiger partial charge in [-0.2, -0.15) is 0 Å². The lowest BCUT2D eigenvalue weighted by Crippen LogP contribution is -2.48. The lowest BCUT2D eigenvalue weighted by atomic mass is 9.96.